The molecule has 0 fully saturated rings. The summed E-state index contributed by atoms with van der Waals surface area (Å²) >= 11 is 0. The van der Waals surface area contributed by atoms with Crippen LogP contribution in [-0.2, 0) is 6.42 Å². The fourth-order valence-electron chi connectivity index (χ4n) is 1.72. The zero-order valence-electron chi connectivity index (χ0n) is 8.67. The minimum atomic E-state index is -2.99. The van der Waals surface area contributed by atoms with Crippen molar-refractivity contribution in [1.82, 2.24) is 0 Å². The third-order valence-electron chi connectivity index (χ3n) is 2.43. The minimum Gasteiger partial charge on any atom is -0.460 e. The highest BCUT2D eigenvalue weighted by atomic mass is 19.3. The fraction of sp³-hybridized carbons (Fsp3) is 0.250. The predicted molar refractivity (Wildman–Crippen MR) is 55.9 cm³/mol. The Balaban J connectivity index is 2.69. The Hall–Kier alpha value is -1.71. The van der Waals surface area contributed by atoms with Crippen LogP contribution in [0.1, 0.15) is 23.0 Å². The van der Waals surface area contributed by atoms with Gasteiger partial charge in [-0.25, -0.2) is 8.78 Å². The summed E-state index contributed by atoms with van der Waals surface area (Å²) < 4.78 is 30.3. The Morgan fingerprint density at radius 3 is 2.69 bits per heavy atom. The van der Waals surface area contributed by atoms with E-state index in [1.54, 1.807) is 31.2 Å². The van der Waals surface area contributed by atoms with E-state index in [-0.39, 0.29) is 5.56 Å². The maximum atomic E-state index is 12.4. The molecule has 0 spiro atoms. The molecule has 0 amide bonds. The molecular formula is C12H10F2O2. The maximum Gasteiger partial charge on any atom is 0.300 e. The van der Waals surface area contributed by atoms with Crippen LogP contribution in [-0.4, -0.2) is 12.2 Å². The highest BCUT2D eigenvalue weighted by Crippen LogP contribution is 2.28. The van der Waals surface area contributed by atoms with E-state index in [0.717, 1.165) is 0 Å². The molecule has 0 bridgehead atoms. The monoisotopic (exact) mass is 224 g/mol. The van der Waals surface area contributed by atoms with E-state index in [4.69, 9.17) is 4.42 Å². The predicted octanol–water partition coefficient (Wildman–Crippen LogP) is 3.44. The SMILES string of the molecule is CCc1oc2ccccc2c1C(=O)C(F)F. The molecule has 16 heavy (non-hydrogen) atoms. The highest BCUT2D eigenvalue weighted by Gasteiger charge is 2.25. The van der Waals surface area contributed by atoms with E-state index in [9.17, 15) is 13.6 Å². The summed E-state index contributed by atoms with van der Waals surface area (Å²) in [6.07, 6.45) is -2.58. The summed E-state index contributed by atoms with van der Waals surface area (Å²) in [5, 5.41) is 0.463. The quantitative estimate of drug-likeness (QED) is 0.747. The lowest BCUT2D eigenvalue weighted by atomic mass is 10.1. The normalized spacial score (nSPS) is 11.2. The lowest BCUT2D eigenvalue weighted by molar-refractivity contribution is 0.0678. The van der Waals surface area contributed by atoms with Crippen LogP contribution < -0.4 is 0 Å². The van der Waals surface area contributed by atoms with E-state index < -0.39 is 12.2 Å². The zero-order valence-corrected chi connectivity index (χ0v) is 8.67. The Morgan fingerprint density at radius 1 is 1.38 bits per heavy atom. The second-order valence-corrected chi connectivity index (χ2v) is 3.41. The minimum absolute atomic E-state index is 0.0214. The molecule has 84 valence electrons. The number of Topliss-reactive ketones (excluding diaryl/α,β-unsaturated/α-hetero) is 1. The topological polar surface area (TPSA) is 30.2 Å². The number of aryl methyl sites for hydroxylation is 1. The van der Waals surface area contributed by atoms with E-state index in [1.165, 1.54) is 0 Å². The number of furan rings is 1. The van der Waals surface area contributed by atoms with Gasteiger partial charge in [0.2, 0.25) is 5.78 Å². The molecule has 4 heteroatoms. The van der Waals surface area contributed by atoms with E-state index >= 15 is 0 Å². The number of benzene rings is 1. The summed E-state index contributed by atoms with van der Waals surface area (Å²) in [4.78, 5) is 11.4. The van der Waals surface area contributed by atoms with Crippen molar-refractivity contribution in [1.29, 1.82) is 0 Å². The van der Waals surface area contributed by atoms with Gasteiger partial charge >= 0.3 is 6.43 Å². The average Bonchev–Trinajstić information content (AvgIpc) is 2.66. The second kappa shape index (κ2) is 4.04. The standard InChI is InChI=1S/C12H10F2O2/c1-2-8-10(11(15)12(13)14)7-5-3-4-6-9(7)16-8/h3-6,12H,2H2,1H3. The molecule has 0 saturated carbocycles. The van der Waals surface area contributed by atoms with Crippen molar-refractivity contribution in [2.24, 2.45) is 0 Å². The maximum absolute atomic E-state index is 12.4. The van der Waals surface area contributed by atoms with Crippen molar-refractivity contribution in [3.8, 4) is 0 Å². The van der Waals surface area contributed by atoms with E-state index in [2.05, 4.69) is 0 Å². The summed E-state index contributed by atoms with van der Waals surface area (Å²) in [6, 6.07) is 6.71. The molecule has 0 atom stereocenters. The molecule has 1 heterocycles. The molecule has 0 aliphatic carbocycles. The van der Waals surface area contributed by atoms with Crippen LogP contribution in [0.15, 0.2) is 28.7 Å². The molecular weight excluding hydrogens is 214 g/mol. The Morgan fingerprint density at radius 2 is 2.06 bits per heavy atom. The third-order valence-corrected chi connectivity index (χ3v) is 2.43. The van der Waals surface area contributed by atoms with Crippen molar-refractivity contribution in [2.45, 2.75) is 19.8 Å². The van der Waals surface area contributed by atoms with Crippen LogP contribution in [0, 0.1) is 0 Å². The fourth-order valence-corrected chi connectivity index (χ4v) is 1.72. The molecule has 0 aliphatic rings. The van der Waals surface area contributed by atoms with Crippen LogP contribution in [0.2, 0.25) is 0 Å². The first-order valence-electron chi connectivity index (χ1n) is 4.98. The first-order valence-corrected chi connectivity index (χ1v) is 4.98. The number of rotatable bonds is 3. The average molecular weight is 224 g/mol. The first kappa shape index (κ1) is 10.8. The number of alkyl halides is 2. The first-order chi connectivity index (χ1) is 7.65. The lowest BCUT2D eigenvalue weighted by Gasteiger charge is -1.98. The third kappa shape index (κ3) is 1.60. The molecule has 1 aromatic carbocycles. The number of halogens is 2. The van der Waals surface area contributed by atoms with Gasteiger partial charge in [-0.05, 0) is 6.07 Å². The van der Waals surface area contributed by atoms with Crippen molar-refractivity contribution >= 4 is 16.8 Å². The van der Waals surface area contributed by atoms with Gasteiger partial charge in [0.05, 0.1) is 5.56 Å². The molecule has 1 aromatic heterocycles. The van der Waals surface area contributed by atoms with Crippen molar-refractivity contribution in [3.63, 3.8) is 0 Å². The molecule has 0 saturated heterocycles. The zero-order chi connectivity index (χ0) is 11.7. The van der Waals surface area contributed by atoms with Gasteiger partial charge in [0.1, 0.15) is 11.3 Å². The molecule has 0 aliphatic heterocycles. The number of para-hydroxylation sites is 1. The van der Waals surface area contributed by atoms with Gasteiger partial charge in [0, 0.05) is 11.8 Å². The largest absolute Gasteiger partial charge is 0.460 e. The number of ketones is 1. The number of hydrogen-bond donors (Lipinski definition) is 0. The number of fused-ring (bicyclic) bond motifs is 1. The van der Waals surface area contributed by atoms with Gasteiger partial charge in [-0.1, -0.05) is 25.1 Å². The second-order valence-electron chi connectivity index (χ2n) is 3.41. The smallest absolute Gasteiger partial charge is 0.300 e. The summed E-state index contributed by atoms with van der Waals surface area (Å²) in [7, 11) is 0. The number of carbonyl (C=O) groups is 1. The van der Waals surface area contributed by atoms with Gasteiger partial charge in [0.25, 0.3) is 0 Å². The van der Waals surface area contributed by atoms with E-state index in [1.807, 2.05) is 0 Å². The number of carbonyl (C=O) groups excluding carboxylic acids is 1. The van der Waals surface area contributed by atoms with Crippen LogP contribution in [0.4, 0.5) is 8.78 Å². The van der Waals surface area contributed by atoms with Crippen molar-refractivity contribution in [3.05, 3.63) is 35.6 Å². The van der Waals surface area contributed by atoms with E-state index in [0.29, 0.717) is 23.2 Å². The van der Waals surface area contributed by atoms with Crippen LogP contribution in [0.3, 0.4) is 0 Å². The highest BCUT2D eigenvalue weighted by molar-refractivity contribution is 6.09. The van der Waals surface area contributed by atoms with Crippen molar-refractivity contribution < 1.29 is 18.0 Å². The van der Waals surface area contributed by atoms with Gasteiger partial charge in [-0.3, -0.25) is 4.79 Å². The molecule has 2 nitrogen and oxygen atoms in total. The molecule has 2 aromatic rings. The summed E-state index contributed by atoms with van der Waals surface area (Å²) in [6.45, 7) is 1.76. The Kier molecular flexibility index (Phi) is 2.73. The van der Waals surface area contributed by atoms with Gasteiger partial charge in [-0.15, -0.1) is 0 Å². The van der Waals surface area contributed by atoms with Crippen molar-refractivity contribution in [2.75, 3.05) is 0 Å². The van der Waals surface area contributed by atoms with Gasteiger partial charge in [0.15, 0.2) is 0 Å². The summed E-state index contributed by atoms with van der Waals surface area (Å²) in [5.41, 5.74) is 0.497. The molecule has 0 radical (unpaired) electrons. The number of hydrogen-bond acceptors (Lipinski definition) is 2. The van der Waals surface area contributed by atoms with Crippen LogP contribution >= 0.6 is 0 Å². The molecule has 2 rings (SSSR count). The molecule has 0 N–H and O–H groups in total. The Labute approximate surface area is 90.9 Å². The summed E-state index contributed by atoms with van der Waals surface area (Å²) in [5.74, 6) is -0.840. The van der Waals surface area contributed by atoms with Gasteiger partial charge < -0.3 is 4.42 Å². The molecule has 0 unspecified atom stereocenters. The van der Waals surface area contributed by atoms with Crippen LogP contribution in [0.25, 0.3) is 11.0 Å². The lowest BCUT2D eigenvalue weighted by Crippen LogP contribution is -2.11. The van der Waals surface area contributed by atoms with Gasteiger partial charge in [-0.2, -0.15) is 0 Å². The Bertz CT molecular complexity index is 529. The van der Waals surface area contributed by atoms with Crippen LogP contribution in [0.5, 0.6) is 0 Å².